The second-order valence-corrected chi connectivity index (χ2v) is 3.26. The smallest absolute Gasteiger partial charge is 1.00 e. The number of hydrogen-bond acceptors (Lipinski definition) is 4. The summed E-state index contributed by atoms with van der Waals surface area (Å²) in [6.45, 7) is 1.44. The number of thiol groups is 1. The van der Waals surface area contributed by atoms with Crippen LogP contribution in [-0.4, -0.2) is 18.9 Å². The summed E-state index contributed by atoms with van der Waals surface area (Å²) >= 11 is 4.09. The van der Waals surface area contributed by atoms with Gasteiger partial charge in [0.2, 0.25) is 0 Å². The zero-order valence-corrected chi connectivity index (χ0v) is 11.8. The quantitative estimate of drug-likeness (QED) is 0.311. The van der Waals surface area contributed by atoms with Gasteiger partial charge in [-0.15, -0.1) is 12.6 Å². The van der Waals surface area contributed by atoms with Gasteiger partial charge < -0.3 is 6.16 Å². The Hall–Kier alpha value is -0.290. The van der Waals surface area contributed by atoms with E-state index in [0.717, 1.165) is 0 Å². The summed E-state index contributed by atoms with van der Waals surface area (Å²) in [4.78, 5) is 22.8. The van der Waals surface area contributed by atoms with Crippen LogP contribution in [-0.2, 0) is 4.74 Å². The number of carbonyl (C=O) groups excluding carboxylic acids is 2. The van der Waals surface area contributed by atoms with E-state index < -0.39 is 5.97 Å². The van der Waals surface area contributed by atoms with Crippen molar-refractivity contribution in [3.8, 4) is 0 Å². The van der Waals surface area contributed by atoms with Crippen LogP contribution in [0.3, 0.4) is 0 Å². The van der Waals surface area contributed by atoms with Crippen LogP contribution in [0, 0.1) is 0 Å². The Morgan fingerprint density at radius 1 is 1.40 bits per heavy atom. The van der Waals surface area contributed by atoms with Gasteiger partial charge in [-0.25, -0.2) is 4.79 Å². The molecule has 0 bridgehead atoms. The minimum Gasteiger partial charge on any atom is -1.00 e. The summed E-state index contributed by atoms with van der Waals surface area (Å²) in [5, 5.41) is 0. The summed E-state index contributed by atoms with van der Waals surface area (Å²) < 4.78 is 4.55. The van der Waals surface area contributed by atoms with Crippen LogP contribution >= 0.6 is 12.6 Å². The van der Waals surface area contributed by atoms with Crippen molar-refractivity contribution in [2.24, 2.45) is 0 Å². The van der Waals surface area contributed by atoms with Crippen LogP contribution in [0.4, 0.5) is 0 Å². The largest absolute Gasteiger partial charge is 1.00 e. The van der Waals surface area contributed by atoms with Crippen molar-refractivity contribution in [2.45, 2.75) is 11.8 Å². The maximum atomic E-state index is 11.2. The molecule has 1 aromatic rings. The van der Waals surface area contributed by atoms with Crippen LogP contribution in [0.25, 0.3) is 0 Å². The summed E-state index contributed by atoms with van der Waals surface area (Å²) in [5.41, 5.74) is 0.784. The molecule has 0 radical (unpaired) electrons. The minimum absolute atomic E-state index is 0. The van der Waals surface area contributed by atoms with Crippen molar-refractivity contribution in [3.05, 3.63) is 29.3 Å². The fourth-order valence-electron chi connectivity index (χ4n) is 1.03. The Kier molecular flexibility index (Phi) is 6.20. The summed E-state index contributed by atoms with van der Waals surface area (Å²) in [7, 11) is 1.29. The number of Topliss-reactive ketones (excluding diaryl/α,β-unsaturated/α-hetero) is 1. The number of methoxy groups -OCH3 is 1. The van der Waals surface area contributed by atoms with Crippen LogP contribution in [0.5, 0.6) is 0 Å². The zero-order valence-electron chi connectivity index (χ0n) is 9.90. The molecule has 0 aliphatic heterocycles. The number of hydrogen-bond donors (Lipinski definition) is 1. The van der Waals surface area contributed by atoms with Gasteiger partial charge in [-0.1, -0.05) is 6.07 Å². The molecule has 0 atom stereocenters. The van der Waals surface area contributed by atoms with Gasteiger partial charge in [-0.3, -0.25) is 4.79 Å². The zero-order chi connectivity index (χ0) is 10.7. The molecule has 0 N–H and O–H groups in total. The molecule has 76 valence electrons. The number of rotatable bonds is 2. The minimum atomic E-state index is -0.488. The number of ketones is 1. The normalized spacial score (nSPS) is 9.00. The third-order valence-electron chi connectivity index (χ3n) is 1.81. The Morgan fingerprint density at radius 2 is 2.00 bits per heavy atom. The Bertz CT molecular complexity index is 396. The van der Waals surface area contributed by atoms with Crippen LogP contribution < -0.4 is 29.6 Å². The standard InChI is InChI=1S/C10H10O3S.Na.H/c1-6(11)7-3-4-9(14)8(5-7)10(12)13-2;;/h3-5,14H,1-2H3;;/q;+1;-1. The van der Waals surface area contributed by atoms with Crippen molar-refractivity contribution in [1.82, 2.24) is 0 Å². The predicted octanol–water partition coefficient (Wildman–Crippen LogP) is -0.919. The third kappa shape index (κ3) is 3.65. The molecule has 1 aromatic carbocycles. The second kappa shape index (κ2) is 6.33. The maximum absolute atomic E-state index is 11.2. The molecule has 5 heteroatoms. The number of carbonyl (C=O) groups is 2. The topological polar surface area (TPSA) is 43.4 Å². The molecule has 0 aromatic heterocycles. The van der Waals surface area contributed by atoms with E-state index in [1.54, 1.807) is 12.1 Å². The van der Waals surface area contributed by atoms with Gasteiger partial charge in [0.05, 0.1) is 12.7 Å². The third-order valence-corrected chi connectivity index (χ3v) is 2.20. The van der Waals surface area contributed by atoms with Crippen molar-refractivity contribution >= 4 is 24.4 Å². The molecule has 0 heterocycles. The molecular weight excluding hydrogens is 223 g/mol. The van der Waals surface area contributed by atoms with Crippen LogP contribution in [0.2, 0.25) is 0 Å². The first-order chi connectivity index (χ1) is 6.56. The average molecular weight is 234 g/mol. The molecular formula is C10H11NaO3S. The van der Waals surface area contributed by atoms with Gasteiger partial charge >= 0.3 is 35.5 Å². The first-order valence-electron chi connectivity index (χ1n) is 3.98. The molecule has 0 saturated carbocycles. The van der Waals surface area contributed by atoms with Gasteiger partial charge in [0.1, 0.15) is 0 Å². The van der Waals surface area contributed by atoms with E-state index in [9.17, 15) is 9.59 Å². The Morgan fingerprint density at radius 3 is 2.47 bits per heavy atom. The molecule has 0 aliphatic rings. The number of ether oxygens (including phenoxy) is 1. The van der Waals surface area contributed by atoms with E-state index in [4.69, 9.17) is 0 Å². The van der Waals surface area contributed by atoms with Gasteiger partial charge in [0.15, 0.2) is 5.78 Å². The number of esters is 1. The first kappa shape index (κ1) is 14.7. The monoisotopic (exact) mass is 234 g/mol. The van der Waals surface area contributed by atoms with E-state index in [1.807, 2.05) is 0 Å². The SMILES string of the molecule is COC(=O)c1cc(C(C)=O)ccc1S.[H-].[Na+]. The fourth-order valence-corrected chi connectivity index (χ4v) is 1.26. The molecule has 0 saturated heterocycles. The molecule has 0 fully saturated rings. The van der Waals surface area contributed by atoms with Crippen LogP contribution in [0.15, 0.2) is 23.1 Å². The van der Waals surface area contributed by atoms with Crippen molar-refractivity contribution in [1.29, 1.82) is 0 Å². The molecule has 1 rings (SSSR count). The second-order valence-electron chi connectivity index (χ2n) is 2.78. The van der Waals surface area contributed by atoms with Crippen LogP contribution in [0.1, 0.15) is 29.1 Å². The molecule has 0 spiro atoms. The molecule has 3 nitrogen and oxygen atoms in total. The predicted molar refractivity (Wildman–Crippen MR) is 56.2 cm³/mol. The number of benzene rings is 1. The van der Waals surface area contributed by atoms with E-state index in [1.165, 1.54) is 20.1 Å². The fraction of sp³-hybridized carbons (Fsp3) is 0.200. The van der Waals surface area contributed by atoms with E-state index in [0.29, 0.717) is 16.0 Å². The maximum Gasteiger partial charge on any atom is 1.00 e. The van der Waals surface area contributed by atoms with E-state index >= 15 is 0 Å². The molecule has 0 aliphatic carbocycles. The summed E-state index contributed by atoms with van der Waals surface area (Å²) in [5.74, 6) is -0.582. The molecule has 15 heavy (non-hydrogen) atoms. The Labute approximate surface area is 117 Å². The molecule has 0 amide bonds. The van der Waals surface area contributed by atoms with E-state index in [2.05, 4.69) is 17.4 Å². The average Bonchev–Trinajstić information content (AvgIpc) is 2.17. The van der Waals surface area contributed by atoms with Crippen molar-refractivity contribution in [3.63, 3.8) is 0 Å². The van der Waals surface area contributed by atoms with Gasteiger partial charge in [-0.2, -0.15) is 0 Å². The summed E-state index contributed by atoms with van der Waals surface area (Å²) in [6.07, 6.45) is 0. The molecule has 0 unspecified atom stereocenters. The first-order valence-corrected chi connectivity index (χ1v) is 4.43. The van der Waals surface area contributed by atoms with Crippen molar-refractivity contribution < 1.29 is 45.3 Å². The Balaban J connectivity index is 0. The van der Waals surface area contributed by atoms with Crippen molar-refractivity contribution in [2.75, 3.05) is 7.11 Å². The van der Waals surface area contributed by atoms with Gasteiger partial charge in [0, 0.05) is 10.5 Å². The van der Waals surface area contributed by atoms with Gasteiger partial charge in [0.25, 0.3) is 0 Å². The van der Waals surface area contributed by atoms with E-state index in [-0.39, 0.29) is 36.8 Å². The summed E-state index contributed by atoms with van der Waals surface area (Å²) in [6, 6.07) is 4.71. The van der Waals surface area contributed by atoms with Gasteiger partial charge in [-0.05, 0) is 19.1 Å².